The second kappa shape index (κ2) is 7.10. The van der Waals surface area contributed by atoms with E-state index < -0.39 is 10.0 Å². The van der Waals surface area contributed by atoms with Crippen molar-refractivity contribution in [3.05, 3.63) is 58.6 Å². The molecule has 1 amide bonds. The van der Waals surface area contributed by atoms with Gasteiger partial charge in [-0.1, -0.05) is 22.6 Å². The number of anilines is 1. The average molecular weight is 355 g/mol. The first-order chi connectivity index (χ1) is 10.8. The molecular weight excluding hydrogens is 340 g/mol. The van der Waals surface area contributed by atoms with E-state index in [1.165, 1.54) is 31.4 Å². The standard InChI is InChI=1S/C15H15ClN2O4S/c1-10-3-6-12(9-14(10)16)17-15(19)11-4-7-13(8-5-11)23(20,21)18-22-2/h3-9,18H,1-2H3,(H,17,19). The third-order valence-corrected chi connectivity index (χ3v) is 4.74. The molecule has 0 saturated heterocycles. The highest BCUT2D eigenvalue weighted by molar-refractivity contribution is 7.89. The van der Waals surface area contributed by atoms with E-state index in [2.05, 4.69) is 10.2 Å². The van der Waals surface area contributed by atoms with Crippen molar-refractivity contribution in [3.8, 4) is 0 Å². The van der Waals surface area contributed by atoms with Crippen LogP contribution in [-0.4, -0.2) is 21.4 Å². The zero-order valence-electron chi connectivity index (χ0n) is 12.5. The zero-order valence-corrected chi connectivity index (χ0v) is 14.0. The quantitative estimate of drug-likeness (QED) is 0.808. The number of carbonyl (C=O) groups excluding carboxylic acids is 1. The van der Waals surface area contributed by atoms with E-state index in [9.17, 15) is 13.2 Å². The number of amides is 1. The number of rotatable bonds is 5. The molecule has 122 valence electrons. The molecule has 0 heterocycles. The van der Waals surface area contributed by atoms with Crippen LogP contribution < -0.4 is 10.2 Å². The van der Waals surface area contributed by atoms with E-state index in [1.54, 1.807) is 18.2 Å². The zero-order chi connectivity index (χ0) is 17.0. The molecule has 2 N–H and O–H groups in total. The highest BCUT2D eigenvalue weighted by Crippen LogP contribution is 2.20. The molecule has 2 aromatic carbocycles. The van der Waals surface area contributed by atoms with Gasteiger partial charge in [-0.2, -0.15) is 0 Å². The smallest absolute Gasteiger partial charge is 0.262 e. The predicted octanol–water partition coefficient (Wildman–Crippen LogP) is 2.74. The monoisotopic (exact) mass is 354 g/mol. The van der Waals surface area contributed by atoms with Gasteiger partial charge < -0.3 is 5.32 Å². The highest BCUT2D eigenvalue weighted by Gasteiger charge is 2.14. The van der Waals surface area contributed by atoms with E-state index in [0.717, 1.165) is 5.56 Å². The number of hydrogen-bond donors (Lipinski definition) is 2. The lowest BCUT2D eigenvalue weighted by atomic mass is 10.2. The first kappa shape index (κ1) is 17.4. The molecular formula is C15H15ClN2O4S. The lowest BCUT2D eigenvalue weighted by Gasteiger charge is -2.08. The molecule has 0 aliphatic rings. The summed E-state index contributed by atoms with van der Waals surface area (Å²) in [6.45, 7) is 1.86. The number of sulfonamides is 1. The van der Waals surface area contributed by atoms with Gasteiger partial charge in [-0.25, -0.2) is 8.42 Å². The van der Waals surface area contributed by atoms with Gasteiger partial charge in [0, 0.05) is 16.3 Å². The van der Waals surface area contributed by atoms with Gasteiger partial charge in [0.05, 0.1) is 12.0 Å². The maximum Gasteiger partial charge on any atom is 0.262 e. The molecule has 0 radical (unpaired) electrons. The van der Waals surface area contributed by atoms with E-state index in [1.807, 2.05) is 11.8 Å². The second-order valence-electron chi connectivity index (χ2n) is 4.73. The summed E-state index contributed by atoms with van der Waals surface area (Å²) < 4.78 is 23.4. The summed E-state index contributed by atoms with van der Waals surface area (Å²) in [4.78, 5) is 18.5. The van der Waals surface area contributed by atoms with Crippen LogP contribution in [0.25, 0.3) is 0 Å². The minimum Gasteiger partial charge on any atom is -0.322 e. The Labute approximate surface area is 139 Å². The molecule has 0 aromatic heterocycles. The number of carbonyl (C=O) groups is 1. The van der Waals surface area contributed by atoms with Crippen molar-refractivity contribution in [2.45, 2.75) is 11.8 Å². The van der Waals surface area contributed by atoms with E-state index in [0.29, 0.717) is 16.3 Å². The SMILES string of the molecule is CONS(=O)(=O)c1ccc(C(=O)Nc2ccc(C)c(Cl)c2)cc1. The molecule has 2 aromatic rings. The fourth-order valence-electron chi connectivity index (χ4n) is 1.82. The van der Waals surface area contributed by atoms with Crippen molar-refractivity contribution < 1.29 is 18.0 Å². The van der Waals surface area contributed by atoms with Gasteiger partial charge in [0.2, 0.25) is 0 Å². The Morgan fingerprint density at radius 2 is 1.78 bits per heavy atom. The molecule has 8 heteroatoms. The predicted molar refractivity (Wildman–Crippen MR) is 87.9 cm³/mol. The van der Waals surface area contributed by atoms with Crippen LogP contribution in [0.3, 0.4) is 0 Å². The van der Waals surface area contributed by atoms with Gasteiger partial charge in [0.25, 0.3) is 15.9 Å². The molecule has 0 fully saturated rings. The number of halogens is 1. The molecule has 0 atom stereocenters. The maximum atomic E-state index is 12.2. The average Bonchev–Trinajstić information content (AvgIpc) is 2.51. The number of aryl methyl sites for hydroxylation is 1. The topological polar surface area (TPSA) is 84.5 Å². The van der Waals surface area contributed by atoms with Crippen LogP contribution in [0, 0.1) is 6.92 Å². The lowest BCUT2D eigenvalue weighted by Crippen LogP contribution is -2.22. The van der Waals surface area contributed by atoms with Crippen LogP contribution in [0.1, 0.15) is 15.9 Å². The summed E-state index contributed by atoms with van der Waals surface area (Å²) in [5.74, 6) is -0.367. The van der Waals surface area contributed by atoms with Crippen LogP contribution in [0.4, 0.5) is 5.69 Å². The van der Waals surface area contributed by atoms with Crippen molar-refractivity contribution in [2.24, 2.45) is 0 Å². The third-order valence-electron chi connectivity index (χ3n) is 3.05. The van der Waals surface area contributed by atoms with Crippen LogP contribution in [0.2, 0.25) is 5.02 Å². The number of benzene rings is 2. The summed E-state index contributed by atoms with van der Waals surface area (Å²) in [6.07, 6.45) is 0. The molecule has 0 saturated carbocycles. The van der Waals surface area contributed by atoms with Gasteiger partial charge in [-0.3, -0.25) is 9.63 Å². The molecule has 0 bridgehead atoms. The maximum absolute atomic E-state index is 12.2. The molecule has 23 heavy (non-hydrogen) atoms. The van der Waals surface area contributed by atoms with Gasteiger partial charge >= 0.3 is 0 Å². The largest absolute Gasteiger partial charge is 0.322 e. The second-order valence-corrected chi connectivity index (χ2v) is 6.79. The fraction of sp³-hybridized carbons (Fsp3) is 0.133. The lowest BCUT2D eigenvalue weighted by molar-refractivity contribution is 0.102. The molecule has 6 nitrogen and oxygen atoms in total. The van der Waals surface area contributed by atoms with Gasteiger partial charge in [0.1, 0.15) is 0 Å². The van der Waals surface area contributed by atoms with E-state index >= 15 is 0 Å². The van der Waals surface area contributed by atoms with Crippen molar-refractivity contribution in [3.63, 3.8) is 0 Å². The molecule has 0 aliphatic heterocycles. The minimum atomic E-state index is -3.74. The van der Waals surface area contributed by atoms with Crippen LogP contribution in [-0.2, 0) is 14.9 Å². The summed E-state index contributed by atoms with van der Waals surface area (Å²) in [5, 5.41) is 3.25. The van der Waals surface area contributed by atoms with Crippen molar-refractivity contribution in [2.75, 3.05) is 12.4 Å². The fourth-order valence-corrected chi connectivity index (χ4v) is 2.81. The van der Waals surface area contributed by atoms with E-state index in [-0.39, 0.29) is 10.8 Å². The van der Waals surface area contributed by atoms with Crippen LogP contribution >= 0.6 is 11.6 Å². The van der Waals surface area contributed by atoms with Gasteiger partial charge in [0.15, 0.2) is 0 Å². The Morgan fingerprint density at radius 1 is 1.13 bits per heavy atom. The van der Waals surface area contributed by atoms with Crippen LogP contribution in [0.15, 0.2) is 47.4 Å². The minimum absolute atomic E-state index is 0.00530. The van der Waals surface area contributed by atoms with Crippen molar-refractivity contribution >= 4 is 33.2 Å². The summed E-state index contributed by atoms with van der Waals surface area (Å²) in [5.41, 5.74) is 1.78. The van der Waals surface area contributed by atoms with Crippen LogP contribution in [0.5, 0.6) is 0 Å². The summed E-state index contributed by atoms with van der Waals surface area (Å²) >= 11 is 6.01. The van der Waals surface area contributed by atoms with Crippen molar-refractivity contribution in [1.82, 2.24) is 4.89 Å². The summed E-state index contributed by atoms with van der Waals surface area (Å²) in [6, 6.07) is 10.6. The normalized spacial score (nSPS) is 11.3. The number of hydrogen-bond acceptors (Lipinski definition) is 4. The Bertz CT molecular complexity index is 820. The number of nitrogens with one attached hydrogen (secondary N) is 2. The Balaban J connectivity index is 2.15. The first-order valence-corrected chi connectivity index (χ1v) is 8.42. The third kappa shape index (κ3) is 4.29. The molecule has 0 unspecified atom stereocenters. The Kier molecular flexibility index (Phi) is 5.38. The van der Waals surface area contributed by atoms with Gasteiger partial charge in [-0.05, 0) is 48.9 Å². The van der Waals surface area contributed by atoms with E-state index in [4.69, 9.17) is 11.6 Å². The van der Waals surface area contributed by atoms with Crippen molar-refractivity contribution in [1.29, 1.82) is 0 Å². The molecule has 0 aliphatic carbocycles. The Morgan fingerprint density at radius 3 is 2.35 bits per heavy atom. The molecule has 2 rings (SSSR count). The summed E-state index contributed by atoms with van der Waals surface area (Å²) in [7, 11) is -2.54. The first-order valence-electron chi connectivity index (χ1n) is 6.56. The molecule has 0 spiro atoms. The van der Waals surface area contributed by atoms with Gasteiger partial charge in [-0.15, -0.1) is 0 Å². The highest BCUT2D eigenvalue weighted by atomic mass is 35.5. The Hall–Kier alpha value is -1.93.